The summed E-state index contributed by atoms with van der Waals surface area (Å²) in [5.41, 5.74) is 0.497. The van der Waals surface area contributed by atoms with E-state index < -0.39 is 15.8 Å². The molecule has 0 atom stereocenters. The normalized spacial score (nSPS) is 16.3. The zero-order valence-electron chi connectivity index (χ0n) is 13.9. The summed E-state index contributed by atoms with van der Waals surface area (Å²) in [7, 11) is -3.69. The Balaban J connectivity index is 1.61. The van der Waals surface area contributed by atoms with E-state index in [4.69, 9.17) is 0 Å². The molecule has 6 nitrogen and oxygen atoms in total. The van der Waals surface area contributed by atoms with Crippen molar-refractivity contribution >= 4 is 21.6 Å². The molecule has 0 unspecified atom stereocenters. The zero-order valence-corrected chi connectivity index (χ0v) is 14.7. The molecule has 2 N–H and O–H groups in total. The highest BCUT2D eigenvalue weighted by Gasteiger charge is 2.32. The van der Waals surface area contributed by atoms with Crippen molar-refractivity contribution < 1.29 is 22.7 Å². The molecule has 3 rings (SSSR count). The first-order valence-corrected chi connectivity index (χ1v) is 9.66. The van der Waals surface area contributed by atoms with Gasteiger partial charge in [-0.05, 0) is 49.2 Å². The first-order chi connectivity index (χ1) is 12.4. The van der Waals surface area contributed by atoms with Gasteiger partial charge in [-0.2, -0.15) is 4.31 Å². The van der Waals surface area contributed by atoms with Crippen LogP contribution in [0.4, 0.5) is 10.1 Å². The molecule has 1 aliphatic rings. The summed E-state index contributed by atoms with van der Waals surface area (Å²) in [5.74, 6) is -0.944. The van der Waals surface area contributed by atoms with Crippen molar-refractivity contribution in [3.05, 3.63) is 54.3 Å². The molecule has 2 aromatic rings. The van der Waals surface area contributed by atoms with Gasteiger partial charge >= 0.3 is 0 Å². The van der Waals surface area contributed by atoms with Crippen LogP contribution in [-0.2, 0) is 14.8 Å². The van der Waals surface area contributed by atoms with E-state index in [-0.39, 0.29) is 35.6 Å². The van der Waals surface area contributed by atoms with Gasteiger partial charge < -0.3 is 10.4 Å². The van der Waals surface area contributed by atoms with Gasteiger partial charge in [-0.25, -0.2) is 12.8 Å². The molecule has 2 aromatic carbocycles. The quantitative estimate of drug-likeness (QED) is 0.856. The number of halogens is 1. The molecule has 0 bridgehead atoms. The van der Waals surface area contributed by atoms with Crippen molar-refractivity contribution in [1.82, 2.24) is 4.31 Å². The number of benzene rings is 2. The van der Waals surface area contributed by atoms with Gasteiger partial charge in [-0.1, -0.05) is 6.07 Å². The summed E-state index contributed by atoms with van der Waals surface area (Å²) in [6.45, 7) is 0.440. The van der Waals surface area contributed by atoms with Crippen LogP contribution in [-0.4, -0.2) is 36.8 Å². The van der Waals surface area contributed by atoms with Crippen LogP contribution < -0.4 is 5.32 Å². The van der Waals surface area contributed by atoms with E-state index in [9.17, 15) is 22.7 Å². The minimum absolute atomic E-state index is 0.0431. The lowest BCUT2D eigenvalue weighted by molar-refractivity contribution is -0.120. The highest BCUT2D eigenvalue weighted by atomic mass is 32.2. The molecule has 0 spiro atoms. The molecule has 26 heavy (non-hydrogen) atoms. The van der Waals surface area contributed by atoms with Crippen molar-refractivity contribution in [3.63, 3.8) is 0 Å². The molecule has 138 valence electrons. The average Bonchev–Trinajstić information content (AvgIpc) is 2.62. The monoisotopic (exact) mass is 378 g/mol. The number of amides is 1. The molecular weight excluding hydrogens is 359 g/mol. The summed E-state index contributed by atoms with van der Waals surface area (Å²) < 4.78 is 39.5. The number of phenols is 1. The number of hydrogen-bond donors (Lipinski definition) is 2. The van der Waals surface area contributed by atoms with Gasteiger partial charge in [0.05, 0.1) is 4.90 Å². The fourth-order valence-corrected chi connectivity index (χ4v) is 4.41. The van der Waals surface area contributed by atoms with Crippen molar-refractivity contribution in [3.8, 4) is 5.75 Å². The third kappa shape index (κ3) is 4.03. The Morgan fingerprint density at radius 1 is 1.12 bits per heavy atom. The summed E-state index contributed by atoms with van der Waals surface area (Å²) in [6, 6.07) is 11.0. The standard InChI is InChI=1S/C18H19FN2O4S/c19-14-4-6-17(7-5-14)26(24,25)21-10-8-13(9-11-21)18(23)20-15-2-1-3-16(22)12-15/h1-7,12-13,22H,8-11H2,(H,20,23). The maximum atomic E-state index is 13.0. The van der Waals surface area contributed by atoms with Crippen LogP contribution in [0.15, 0.2) is 53.4 Å². The van der Waals surface area contributed by atoms with Crippen LogP contribution in [0.3, 0.4) is 0 Å². The molecule has 1 heterocycles. The second-order valence-corrected chi connectivity index (χ2v) is 8.11. The maximum absolute atomic E-state index is 13.0. The molecule has 1 aliphatic heterocycles. The van der Waals surface area contributed by atoms with Crippen molar-refractivity contribution in [2.45, 2.75) is 17.7 Å². The number of hydrogen-bond acceptors (Lipinski definition) is 4. The van der Waals surface area contributed by atoms with E-state index >= 15 is 0 Å². The Bertz CT molecular complexity index is 892. The summed E-state index contributed by atoms with van der Waals surface area (Å²) in [5, 5.41) is 12.2. The molecule has 0 aliphatic carbocycles. The molecule has 0 aromatic heterocycles. The fraction of sp³-hybridized carbons (Fsp3) is 0.278. The van der Waals surface area contributed by atoms with E-state index in [0.717, 1.165) is 12.1 Å². The van der Waals surface area contributed by atoms with Gasteiger partial charge in [0.15, 0.2) is 0 Å². The van der Waals surface area contributed by atoms with Gasteiger partial charge in [-0.3, -0.25) is 4.79 Å². The third-order valence-corrected chi connectivity index (χ3v) is 6.30. The Hall–Kier alpha value is -2.45. The van der Waals surface area contributed by atoms with Crippen molar-refractivity contribution in [2.24, 2.45) is 5.92 Å². The molecule has 1 saturated heterocycles. The number of piperidine rings is 1. The van der Waals surface area contributed by atoms with Crippen LogP contribution in [0.25, 0.3) is 0 Å². The third-order valence-electron chi connectivity index (χ3n) is 4.39. The van der Waals surface area contributed by atoms with Crippen LogP contribution >= 0.6 is 0 Å². The van der Waals surface area contributed by atoms with Gasteiger partial charge in [-0.15, -0.1) is 0 Å². The number of carbonyl (C=O) groups is 1. The maximum Gasteiger partial charge on any atom is 0.243 e. The number of rotatable bonds is 4. The molecular formula is C18H19FN2O4S. The summed E-state index contributed by atoms with van der Waals surface area (Å²) in [4.78, 5) is 12.4. The number of nitrogens with one attached hydrogen (secondary N) is 1. The lowest BCUT2D eigenvalue weighted by atomic mass is 9.97. The number of nitrogens with zero attached hydrogens (tertiary/aromatic N) is 1. The van der Waals surface area contributed by atoms with Crippen LogP contribution in [0.5, 0.6) is 5.75 Å². The van der Waals surface area contributed by atoms with Crippen molar-refractivity contribution in [2.75, 3.05) is 18.4 Å². The lowest BCUT2D eigenvalue weighted by Crippen LogP contribution is -2.41. The average molecular weight is 378 g/mol. The molecule has 0 radical (unpaired) electrons. The Morgan fingerprint density at radius 3 is 2.38 bits per heavy atom. The summed E-state index contributed by atoms with van der Waals surface area (Å²) in [6.07, 6.45) is 0.788. The largest absolute Gasteiger partial charge is 0.508 e. The molecule has 0 saturated carbocycles. The summed E-state index contributed by atoms with van der Waals surface area (Å²) >= 11 is 0. The number of carbonyl (C=O) groups excluding carboxylic acids is 1. The predicted molar refractivity (Wildman–Crippen MR) is 94.6 cm³/mol. The number of phenolic OH excluding ortho intramolecular Hbond substituents is 1. The minimum Gasteiger partial charge on any atom is -0.508 e. The smallest absolute Gasteiger partial charge is 0.243 e. The minimum atomic E-state index is -3.69. The van der Waals surface area contributed by atoms with Gasteiger partial charge in [0.1, 0.15) is 11.6 Å². The van der Waals surface area contributed by atoms with Gasteiger partial charge in [0.25, 0.3) is 0 Å². The van der Waals surface area contributed by atoms with Crippen LogP contribution in [0.1, 0.15) is 12.8 Å². The highest BCUT2D eigenvalue weighted by Crippen LogP contribution is 2.25. The number of sulfonamides is 1. The van der Waals surface area contributed by atoms with E-state index in [1.165, 1.54) is 28.6 Å². The predicted octanol–water partition coefficient (Wildman–Crippen LogP) is 2.57. The molecule has 8 heteroatoms. The van der Waals surface area contributed by atoms with E-state index in [0.29, 0.717) is 18.5 Å². The number of anilines is 1. The second kappa shape index (κ2) is 7.43. The van der Waals surface area contributed by atoms with E-state index in [1.54, 1.807) is 12.1 Å². The second-order valence-electron chi connectivity index (χ2n) is 6.17. The fourth-order valence-electron chi connectivity index (χ4n) is 2.94. The highest BCUT2D eigenvalue weighted by molar-refractivity contribution is 7.89. The lowest BCUT2D eigenvalue weighted by Gasteiger charge is -2.30. The van der Waals surface area contributed by atoms with Gasteiger partial charge in [0.2, 0.25) is 15.9 Å². The van der Waals surface area contributed by atoms with E-state index in [1.807, 2.05) is 0 Å². The molecule has 1 amide bonds. The number of aromatic hydroxyl groups is 1. The topological polar surface area (TPSA) is 86.7 Å². The van der Waals surface area contributed by atoms with Gasteiger partial charge in [0, 0.05) is 30.8 Å². The van der Waals surface area contributed by atoms with Crippen molar-refractivity contribution in [1.29, 1.82) is 0 Å². The first-order valence-electron chi connectivity index (χ1n) is 8.22. The van der Waals surface area contributed by atoms with E-state index in [2.05, 4.69) is 5.32 Å². The first kappa shape index (κ1) is 18.3. The van der Waals surface area contributed by atoms with Crippen LogP contribution in [0.2, 0.25) is 0 Å². The SMILES string of the molecule is O=C(Nc1cccc(O)c1)C1CCN(S(=O)(=O)c2ccc(F)cc2)CC1. The Kier molecular flexibility index (Phi) is 5.24. The van der Waals surface area contributed by atoms with Crippen LogP contribution in [0, 0.1) is 11.7 Å². The Labute approximate surface area is 151 Å². The molecule has 1 fully saturated rings. The Morgan fingerprint density at radius 2 is 1.77 bits per heavy atom. The zero-order chi connectivity index (χ0) is 18.7.